The number of para-hydroxylation sites is 2. The van der Waals surface area contributed by atoms with Crippen LogP contribution in [0.15, 0.2) is 48.5 Å². The summed E-state index contributed by atoms with van der Waals surface area (Å²) in [6.45, 7) is 6.15. The van der Waals surface area contributed by atoms with Gasteiger partial charge in [0, 0.05) is 39.1 Å². The molecule has 4 nitrogen and oxygen atoms in total. The van der Waals surface area contributed by atoms with Crippen molar-refractivity contribution >= 4 is 56.4 Å². The highest BCUT2D eigenvalue weighted by molar-refractivity contribution is 6.35. The molecule has 2 aromatic heterocycles. The van der Waals surface area contributed by atoms with Gasteiger partial charge < -0.3 is 10.6 Å². The minimum atomic E-state index is 0.789. The molecule has 6 heteroatoms. The Morgan fingerprint density at radius 3 is 1.47 bits per heavy atom. The number of halogens is 2. The molecule has 0 aliphatic rings. The van der Waals surface area contributed by atoms with E-state index in [-0.39, 0.29) is 0 Å². The molecule has 0 amide bonds. The summed E-state index contributed by atoms with van der Waals surface area (Å²) < 4.78 is 4.31. The van der Waals surface area contributed by atoms with Crippen LogP contribution in [0.25, 0.3) is 21.8 Å². The molecule has 0 unspecified atom stereocenters. The van der Waals surface area contributed by atoms with Gasteiger partial charge in [-0.1, -0.05) is 48.2 Å². The van der Waals surface area contributed by atoms with Crippen LogP contribution in [-0.2, 0) is 14.1 Å². The molecule has 0 aliphatic carbocycles. The first-order chi connectivity index (χ1) is 16.4. The zero-order chi connectivity index (χ0) is 24.2. The fourth-order valence-corrected chi connectivity index (χ4v) is 5.21. The average Bonchev–Trinajstić information content (AvgIpc) is 2.81. The number of fused-ring (bicyclic) bond motifs is 2. The Morgan fingerprint density at radius 1 is 0.647 bits per heavy atom. The minimum absolute atomic E-state index is 0.789. The van der Waals surface area contributed by atoms with Crippen LogP contribution in [0.5, 0.6) is 0 Å². The molecule has 0 spiro atoms. The van der Waals surface area contributed by atoms with Gasteiger partial charge >= 0.3 is 0 Å². The lowest BCUT2D eigenvalue weighted by Crippen LogP contribution is -2.33. The maximum absolute atomic E-state index is 6.48. The molecular formula is C28H34Cl2N4+2. The molecule has 34 heavy (non-hydrogen) atoms. The summed E-state index contributed by atoms with van der Waals surface area (Å²) in [5.41, 5.74) is 6.86. The molecular weight excluding hydrogens is 463 g/mol. The van der Waals surface area contributed by atoms with Crippen molar-refractivity contribution < 1.29 is 9.13 Å². The van der Waals surface area contributed by atoms with Gasteiger partial charge in [0.25, 0.3) is 0 Å². The van der Waals surface area contributed by atoms with Gasteiger partial charge in [0.2, 0.25) is 11.0 Å². The standard InChI is InChI=1S/C28H32Cl2N4/c1-19-17-25(21-11-9-13-23(29)27(21)33(19)3)31-15-7-5-6-8-16-32-26-18-20(2)34(4)28-22(26)12-10-14-24(28)30/h9-14,17-18H,5-8,15-16H2,1-4H3/p+2. The van der Waals surface area contributed by atoms with E-state index in [9.17, 15) is 0 Å². The SMILES string of the molecule is Cc1cc(NCCCCCCNc2cc(C)[n+](C)c3c(Cl)cccc23)c2cccc(Cl)c2[n+]1C. The zero-order valence-corrected chi connectivity index (χ0v) is 22.0. The van der Waals surface area contributed by atoms with Crippen LogP contribution in [0.2, 0.25) is 10.0 Å². The van der Waals surface area contributed by atoms with E-state index in [0.29, 0.717) is 0 Å². The van der Waals surface area contributed by atoms with Crippen molar-refractivity contribution in [2.45, 2.75) is 39.5 Å². The van der Waals surface area contributed by atoms with E-state index in [1.807, 2.05) is 24.3 Å². The number of aromatic nitrogens is 2. The van der Waals surface area contributed by atoms with Crippen LogP contribution >= 0.6 is 23.2 Å². The monoisotopic (exact) mass is 496 g/mol. The van der Waals surface area contributed by atoms with Gasteiger partial charge in [-0.2, -0.15) is 9.13 Å². The fourth-order valence-electron chi connectivity index (χ4n) is 4.61. The fraction of sp³-hybridized carbons (Fsp3) is 0.357. The average molecular weight is 498 g/mol. The Balaban J connectivity index is 1.27. The van der Waals surface area contributed by atoms with E-state index < -0.39 is 0 Å². The summed E-state index contributed by atoms with van der Waals surface area (Å²) in [4.78, 5) is 0. The summed E-state index contributed by atoms with van der Waals surface area (Å²) in [5, 5.41) is 11.2. The molecule has 4 rings (SSSR count). The Labute approximate surface area is 212 Å². The van der Waals surface area contributed by atoms with E-state index in [1.54, 1.807) is 0 Å². The molecule has 0 atom stereocenters. The predicted octanol–water partition coefficient (Wildman–Crippen LogP) is 6.65. The van der Waals surface area contributed by atoms with Crippen LogP contribution in [0.4, 0.5) is 11.4 Å². The predicted molar refractivity (Wildman–Crippen MR) is 145 cm³/mol. The van der Waals surface area contributed by atoms with Gasteiger partial charge in [-0.3, -0.25) is 0 Å². The molecule has 2 N–H and O–H groups in total. The molecule has 0 aliphatic heterocycles. The van der Waals surface area contributed by atoms with Gasteiger partial charge in [0.1, 0.15) is 24.1 Å². The molecule has 0 bridgehead atoms. The second-order valence-electron chi connectivity index (χ2n) is 9.06. The molecule has 2 heterocycles. The maximum Gasteiger partial charge on any atom is 0.233 e. The zero-order valence-electron chi connectivity index (χ0n) is 20.5. The summed E-state index contributed by atoms with van der Waals surface area (Å²) in [5.74, 6) is 0. The van der Waals surface area contributed by atoms with Crippen molar-refractivity contribution in [3.8, 4) is 0 Å². The lowest BCUT2D eigenvalue weighted by atomic mass is 10.1. The van der Waals surface area contributed by atoms with Crippen molar-refractivity contribution in [1.29, 1.82) is 0 Å². The van der Waals surface area contributed by atoms with E-state index in [4.69, 9.17) is 23.2 Å². The van der Waals surface area contributed by atoms with Crippen LogP contribution in [0.3, 0.4) is 0 Å². The van der Waals surface area contributed by atoms with E-state index >= 15 is 0 Å². The van der Waals surface area contributed by atoms with Crippen LogP contribution in [-0.4, -0.2) is 13.1 Å². The maximum atomic E-state index is 6.48. The summed E-state index contributed by atoms with van der Waals surface area (Å²) in [6, 6.07) is 16.6. The topological polar surface area (TPSA) is 31.8 Å². The van der Waals surface area contributed by atoms with Crippen LogP contribution in [0.1, 0.15) is 37.1 Å². The molecule has 4 aromatic rings. The Kier molecular flexibility index (Phi) is 7.80. The molecule has 178 valence electrons. The van der Waals surface area contributed by atoms with Crippen molar-refractivity contribution in [1.82, 2.24) is 0 Å². The number of nitrogens with zero attached hydrogens (tertiary/aromatic N) is 2. The Morgan fingerprint density at radius 2 is 1.06 bits per heavy atom. The molecule has 0 fully saturated rings. The second-order valence-corrected chi connectivity index (χ2v) is 9.87. The number of hydrogen-bond donors (Lipinski definition) is 2. The number of unbranched alkanes of at least 4 members (excludes halogenated alkanes) is 3. The first kappa shape index (κ1) is 24.6. The number of nitrogens with one attached hydrogen (secondary N) is 2. The van der Waals surface area contributed by atoms with Crippen molar-refractivity contribution in [2.75, 3.05) is 23.7 Å². The van der Waals surface area contributed by atoms with Crippen molar-refractivity contribution in [2.24, 2.45) is 14.1 Å². The molecule has 0 radical (unpaired) electrons. The van der Waals surface area contributed by atoms with Gasteiger partial charge in [0.15, 0.2) is 11.4 Å². The van der Waals surface area contributed by atoms with Crippen molar-refractivity contribution in [3.63, 3.8) is 0 Å². The first-order valence-corrected chi connectivity index (χ1v) is 12.8. The Hall–Kier alpha value is -2.56. The van der Waals surface area contributed by atoms with Crippen LogP contribution in [0, 0.1) is 13.8 Å². The molecule has 2 aromatic carbocycles. The lowest BCUT2D eigenvalue weighted by Gasteiger charge is -2.12. The minimum Gasteiger partial charge on any atom is -0.384 e. The number of hydrogen-bond acceptors (Lipinski definition) is 2. The van der Waals surface area contributed by atoms with Gasteiger partial charge in [-0.05, 0) is 37.1 Å². The van der Waals surface area contributed by atoms with Gasteiger partial charge in [-0.25, -0.2) is 0 Å². The quantitative estimate of drug-likeness (QED) is 0.200. The Bertz CT molecular complexity index is 1230. The van der Waals surface area contributed by atoms with Crippen molar-refractivity contribution in [3.05, 3.63) is 70.0 Å². The largest absolute Gasteiger partial charge is 0.384 e. The third-order valence-corrected chi connectivity index (χ3v) is 7.33. The number of aryl methyl sites for hydroxylation is 4. The number of pyridine rings is 2. The lowest BCUT2D eigenvalue weighted by molar-refractivity contribution is -0.651. The van der Waals surface area contributed by atoms with E-state index in [1.165, 1.54) is 35.0 Å². The number of anilines is 2. The smallest absolute Gasteiger partial charge is 0.233 e. The third kappa shape index (κ3) is 5.08. The van der Waals surface area contributed by atoms with Gasteiger partial charge in [-0.15, -0.1) is 0 Å². The summed E-state index contributed by atoms with van der Waals surface area (Å²) >= 11 is 13.0. The second kappa shape index (κ2) is 10.8. The van der Waals surface area contributed by atoms with E-state index in [2.05, 4.69) is 72.0 Å². The highest BCUT2D eigenvalue weighted by Crippen LogP contribution is 2.28. The molecule has 0 saturated heterocycles. The third-order valence-electron chi connectivity index (χ3n) is 6.72. The highest BCUT2D eigenvalue weighted by Gasteiger charge is 2.17. The van der Waals surface area contributed by atoms with E-state index in [0.717, 1.165) is 58.4 Å². The number of benzene rings is 2. The first-order valence-electron chi connectivity index (χ1n) is 12.0. The normalized spacial score (nSPS) is 11.4. The van der Waals surface area contributed by atoms with Gasteiger partial charge in [0.05, 0.1) is 22.1 Å². The van der Waals surface area contributed by atoms with Crippen LogP contribution < -0.4 is 19.8 Å². The summed E-state index contributed by atoms with van der Waals surface area (Å²) in [7, 11) is 4.13. The molecule has 0 saturated carbocycles. The highest BCUT2D eigenvalue weighted by atomic mass is 35.5. The summed E-state index contributed by atoms with van der Waals surface area (Å²) in [6.07, 6.45) is 4.67. The number of rotatable bonds is 9.